The summed E-state index contributed by atoms with van der Waals surface area (Å²) < 4.78 is 19.4. The zero-order valence-corrected chi connectivity index (χ0v) is 15.2. The molecule has 3 aromatic heterocycles. The number of carbonyl (C=O) groups is 1. The van der Waals surface area contributed by atoms with Crippen LogP contribution in [0.5, 0.6) is 0 Å². The van der Waals surface area contributed by atoms with Crippen LogP contribution >= 0.6 is 11.3 Å². The second-order valence-electron chi connectivity index (χ2n) is 6.57. The summed E-state index contributed by atoms with van der Waals surface area (Å²) in [6.45, 7) is 0. The molecule has 5 rings (SSSR count). The minimum Gasteiger partial charge on any atom is -0.450 e. The van der Waals surface area contributed by atoms with Gasteiger partial charge in [-0.15, -0.1) is 11.3 Å². The maximum Gasteiger partial charge on any atom is 0.506 e. The van der Waals surface area contributed by atoms with Crippen molar-refractivity contribution in [1.82, 2.24) is 20.2 Å². The Kier molecular flexibility index (Phi) is 3.86. The molecule has 0 fully saturated rings. The van der Waals surface area contributed by atoms with Crippen molar-refractivity contribution in [1.29, 1.82) is 0 Å². The van der Waals surface area contributed by atoms with Crippen molar-refractivity contribution >= 4 is 50.1 Å². The molecule has 10 heteroatoms. The summed E-state index contributed by atoms with van der Waals surface area (Å²) in [6, 6.07) is 3.07. The Morgan fingerprint density at radius 2 is 2.29 bits per heavy atom. The van der Waals surface area contributed by atoms with Crippen molar-refractivity contribution in [2.24, 2.45) is 0 Å². The van der Waals surface area contributed by atoms with Gasteiger partial charge in [-0.1, -0.05) is 0 Å². The van der Waals surface area contributed by atoms with Gasteiger partial charge in [-0.05, 0) is 24.5 Å². The van der Waals surface area contributed by atoms with Gasteiger partial charge in [0.2, 0.25) is 0 Å². The van der Waals surface area contributed by atoms with Crippen molar-refractivity contribution in [3.05, 3.63) is 40.9 Å². The Morgan fingerprint density at radius 3 is 3.14 bits per heavy atom. The van der Waals surface area contributed by atoms with Crippen LogP contribution in [0.1, 0.15) is 16.9 Å². The number of ether oxygens (including phenoxy) is 1. The van der Waals surface area contributed by atoms with E-state index in [0.717, 1.165) is 26.0 Å². The number of anilines is 2. The van der Waals surface area contributed by atoms with Crippen LogP contribution in [0.25, 0.3) is 21.1 Å². The SMILES string of the molecule is O=C(O)OC1CCc2c(sc3ncnc(Nc4cc5cn[nH]c5cc4F)c23)C1. The molecule has 4 aromatic rings. The quantitative estimate of drug-likeness (QED) is 0.446. The lowest BCUT2D eigenvalue weighted by molar-refractivity contribution is 0.0467. The fraction of sp³-hybridized carbons (Fsp3) is 0.222. The van der Waals surface area contributed by atoms with Crippen LogP contribution in [0.2, 0.25) is 0 Å². The summed E-state index contributed by atoms with van der Waals surface area (Å²) >= 11 is 1.49. The molecule has 0 radical (unpaired) electrons. The Balaban J connectivity index is 1.54. The number of thiophene rings is 1. The molecule has 1 aromatic carbocycles. The molecule has 8 nitrogen and oxygen atoms in total. The predicted octanol–water partition coefficient (Wildman–Crippen LogP) is 4.00. The van der Waals surface area contributed by atoms with E-state index in [2.05, 4.69) is 25.5 Å². The average Bonchev–Trinajstić information content (AvgIpc) is 3.25. The molecule has 0 saturated heterocycles. The normalized spacial score (nSPS) is 16.2. The second kappa shape index (κ2) is 6.41. The number of hydrogen-bond acceptors (Lipinski definition) is 7. The van der Waals surface area contributed by atoms with E-state index in [-0.39, 0.29) is 6.10 Å². The van der Waals surface area contributed by atoms with E-state index in [9.17, 15) is 9.18 Å². The molecule has 142 valence electrons. The lowest BCUT2D eigenvalue weighted by Gasteiger charge is -2.21. The third-order valence-corrected chi connectivity index (χ3v) is 6.01. The van der Waals surface area contributed by atoms with Crippen LogP contribution in [0.4, 0.5) is 20.7 Å². The standard InChI is InChI=1S/C18H14FN5O3S/c19-11-5-12-8(6-22-24-12)3-13(11)23-16-15-10-2-1-9(27-18(25)26)4-14(10)28-17(15)21-7-20-16/h3,5-7,9H,1-2,4H2,(H,22,24)(H,25,26)(H,20,21,23). The number of carboxylic acid groups (broad SMARTS) is 1. The monoisotopic (exact) mass is 399 g/mol. The topological polar surface area (TPSA) is 113 Å². The number of fused-ring (bicyclic) bond motifs is 4. The van der Waals surface area contributed by atoms with E-state index in [4.69, 9.17) is 9.84 Å². The van der Waals surface area contributed by atoms with Gasteiger partial charge >= 0.3 is 6.16 Å². The van der Waals surface area contributed by atoms with Crippen LogP contribution in [-0.2, 0) is 17.6 Å². The molecular weight excluding hydrogens is 385 g/mol. The highest BCUT2D eigenvalue weighted by Crippen LogP contribution is 2.40. The number of halogens is 1. The lowest BCUT2D eigenvalue weighted by Crippen LogP contribution is -2.23. The molecule has 1 aliphatic carbocycles. The van der Waals surface area contributed by atoms with Gasteiger partial charge in [0, 0.05) is 22.8 Å². The van der Waals surface area contributed by atoms with E-state index in [1.54, 1.807) is 12.3 Å². The summed E-state index contributed by atoms with van der Waals surface area (Å²) in [7, 11) is 0. The number of rotatable bonds is 3. The molecular formula is C18H14FN5O3S. The smallest absolute Gasteiger partial charge is 0.450 e. The highest BCUT2D eigenvalue weighted by atomic mass is 32.1. The van der Waals surface area contributed by atoms with Gasteiger partial charge < -0.3 is 15.2 Å². The minimum atomic E-state index is -1.26. The Hall–Kier alpha value is -3.27. The van der Waals surface area contributed by atoms with Crippen molar-refractivity contribution in [3.8, 4) is 0 Å². The Labute approximate surface area is 161 Å². The first-order chi connectivity index (χ1) is 13.6. The van der Waals surface area contributed by atoms with Crippen molar-refractivity contribution < 1.29 is 19.0 Å². The first kappa shape index (κ1) is 16.9. The molecule has 1 atom stereocenters. The van der Waals surface area contributed by atoms with E-state index in [0.29, 0.717) is 36.3 Å². The van der Waals surface area contributed by atoms with E-state index >= 15 is 0 Å². The van der Waals surface area contributed by atoms with E-state index in [1.165, 1.54) is 23.7 Å². The zero-order valence-electron chi connectivity index (χ0n) is 14.4. The van der Waals surface area contributed by atoms with Gasteiger partial charge in [0.25, 0.3) is 0 Å². The molecule has 28 heavy (non-hydrogen) atoms. The maximum atomic E-state index is 14.5. The third kappa shape index (κ3) is 2.82. The molecule has 0 saturated carbocycles. The number of hydrogen-bond donors (Lipinski definition) is 3. The summed E-state index contributed by atoms with van der Waals surface area (Å²) in [6.07, 6.45) is 3.20. The summed E-state index contributed by atoms with van der Waals surface area (Å²) in [5, 5.41) is 20.2. The minimum absolute atomic E-state index is 0.303. The Morgan fingerprint density at radius 1 is 1.39 bits per heavy atom. The van der Waals surface area contributed by atoms with E-state index in [1.807, 2.05) is 0 Å². The van der Waals surface area contributed by atoms with Crippen molar-refractivity contribution in [2.75, 3.05) is 5.32 Å². The van der Waals surface area contributed by atoms with Crippen LogP contribution in [0.15, 0.2) is 24.7 Å². The first-order valence-electron chi connectivity index (χ1n) is 8.63. The summed E-state index contributed by atoms with van der Waals surface area (Å²) in [5.74, 6) is 0.115. The maximum absolute atomic E-state index is 14.5. The fourth-order valence-corrected chi connectivity index (χ4v) is 4.86. The second-order valence-corrected chi connectivity index (χ2v) is 7.65. The highest BCUT2D eigenvalue weighted by molar-refractivity contribution is 7.19. The molecule has 0 spiro atoms. The summed E-state index contributed by atoms with van der Waals surface area (Å²) in [4.78, 5) is 21.3. The van der Waals surface area contributed by atoms with Gasteiger partial charge in [0.05, 0.1) is 22.8 Å². The summed E-state index contributed by atoms with van der Waals surface area (Å²) in [5.41, 5.74) is 1.99. The largest absolute Gasteiger partial charge is 0.506 e. The van der Waals surface area contributed by atoms with Gasteiger partial charge in [0.1, 0.15) is 28.9 Å². The number of aromatic nitrogens is 4. The molecule has 3 heterocycles. The first-order valence-corrected chi connectivity index (χ1v) is 9.44. The van der Waals surface area contributed by atoms with Crippen LogP contribution in [0, 0.1) is 5.82 Å². The van der Waals surface area contributed by atoms with Crippen LogP contribution in [-0.4, -0.2) is 37.5 Å². The Bertz CT molecular complexity index is 1220. The van der Waals surface area contributed by atoms with Gasteiger partial charge in [-0.3, -0.25) is 5.10 Å². The van der Waals surface area contributed by atoms with Gasteiger partial charge in [-0.2, -0.15) is 5.10 Å². The van der Waals surface area contributed by atoms with Gasteiger partial charge in [-0.25, -0.2) is 19.2 Å². The predicted molar refractivity (Wildman–Crippen MR) is 102 cm³/mol. The lowest BCUT2D eigenvalue weighted by atomic mass is 9.94. The molecule has 3 N–H and O–H groups in total. The van der Waals surface area contributed by atoms with Crippen LogP contribution < -0.4 is 5.32 Å². The highest BCUT2D eigenvalue weighted by Gasteiger charge is 2.27. The molecule has 1 aliphatic rings. The zero-order chi connectivity index (χ0) is 19.3. The number of nitrogens with one attached hydrogen (secondary N) is 2. The van der Waals surface area contributed by atoms with Crippen molar-refractivity contribution in [2.45, 2.75) is 25.4 Å². The van der Waals surface area contributed by atoms with Crippen LogP contribution in [0.3, 0.4) is 0 Å². The average molecular weight is 399 g/mol. The number of aryl methyl sites for hydroxylation is 1. The molecule has 0 amide bonds. The van der Waals surface area contributed by atoms with Crippen molar-refractivity contribution in [3.63, 3.8) is 0 Å². The number of benzene rings is 1. The number of H-pyrrole nitrogens is 1. The third-order valence-electron chi connectivity index (χ3n) is 4.85. The molecule has 0 bridgehead atoms. The molecule has 0 aliphatic heterocycles. The van der Waals surface area contributed by atoms with E-state index < -0.39 is 12.0 Å². The van der Waals surface area contributed by atoms with Gasteiger partial charge in [0.15, 0.2) is 0 Å². The number of nitrogens with zero attached hydrogens (tertiary/aromatic N) is 3. The molecule has 1 unspecified atom stereocenters. The fourth-order valence-electron chi connectivity index (χ4n) is 3.61. The number of aromatic amines is 1.